The van der Waals surface area contributed by atoms with Gasteiger partial charge < -0.3 is 14.8 Å². The summed E-state index contributed by atoms with van der Waals surface area (Å²) < 4.78 is 26.2. The molecule has 0 saturated carbocycles. The molecule has 210 valence electrons. The van der Waals surface area contributed by atoms with Crippen molar-refractivity contribution in [2.24, 2.45) is 0 Å². The second kappa shape index (κ2) is 11.8. The molecule has 3 aromatic rings. The molecule has 0 aliphatic carbocycles. The fraction of sp³-hybridized carbons (Fsp3) is 0.276. The summed E-state index contributed by atoms with van der Waals surface area (Å²) in [6.07, 6.45) is -0.0773. The predicted molar refractivity (Wildman–Crippen MR) is 157 cm³/mol. The summed E-state index contributed by atoms with van der Waals surface area (Å²) in [7, 11) is -3.53. The normalized spacial score (nSPS) is 16.6. The van der Waals surface area contributed by atoms with E-state index in [0.717, 1.165) is 22.4 Å². The molecule has 0 aromatic heterocycles. The minimum atomic E-state index is -3.53. The van der Waals surface area contributed by atoms with Gasteiger partial charge in [-0.25, -0.2) is 13.2 Å². The van der Waals surface area contributed by atoms with Crippen LogP contribution in [0.1, 0.15) is 22.7 Å². The molecule has 0 bridgehead atoms. The molecule has 8 nitrogen and oxygen atoms in total. The van der Waals surface area contributed by atoms with Crippen LogP contribution in [0.3, 0.4) is 0 Å². The van der Waals surface area contributed by atoms with Gasteiger partial charge in [0.05, 0.1) is 24.0 Å². The van der Waals surface area contributed by atoms with Crippen LogP contribution < -0.4 is 4.90 Å². The van der Waals surface area contributed by atoms with Gasteiger partial charge >= 0.3 is 6.16 Å². The highest BCUT2D eigenvalue weighted by Gasteiger charge is 2.35. The van der Waals surface area contributed by atoms with Gasteiger partial charge in [-0.2, -0.15) is 0 Å². The van der Waals surface area contributed by atoms with Gasteiger partial charge in [-0.05, 0) is 58.7 Å². The molecule has 0 radical (unpaired) electrons. The Morgan fingerprint density at radius 1 is 0.875 bits per heavy atom. The Balaban J connectivity index is 1.41. The first-order chi connectivity index (χ1) is 19.1. The molecule has 3 aromatic carbocycles. The Morgan fingerprint density at radius 3 is 1.93 bits per heavy atom. The van der Waals surface area contributed by atoms with Gasteiger partial charge in [0, 0.05) is 48.2 Å². The summed E-state index contributed by atoms with van der Waals surface area (Å²) in [6, 6.07) is 22.8. The molecule has 2 fully saturated rings. The molecular weight excluding hydrogens is 573 g/mol. The lowest BCUT2D eigenvalue weighted by atomic mass is 9.92. The van der Waals surface area contributed by atoms with E-state index in [4.69, 9.17) is 33.1 Å². The quantitative estimate of drug-likeness (QED) is 0.375. The van der Waals surface area contributed by atoms with Crippen LogP contribution in [-0.2, 0) is 14.7 Å². The topological polar surface area (TPSA) is 90.4 Å². The van der Waals surface area contributed by atoms with Crippen LogP contribution in [0, 0.1) is 0 Å². The zero-order valence-electron chi connectivity index (χ0n) is 21.8. The number of benzene rings is 3. The van der Waals surface area contributed by atoms with Gasteiger partial charge in [-0.3, -0.25) is 4.90 Å². The highest BCUT2D eigenvalue weighted by atomic mass is 35.5. The maximum atomic E-state index is 13.1. The van der Waals surface area contributed by atoms with Gasteiger partial charge in [0.25, 0.3) is 0 Å². The summed E-state index contributed by atoms with van der Waals surface area (Å²) >= 11 is 12.3. The van der Waals surface area contributed by atoms with Gasteiger partial charge in [0.2, 0.25) is 0 Å². The van der Waals surface area contributed by atoms with Gasteiger partial charge in [-0.1, -0.05) is 59.6 Å². The molecule has 2 aliphatic rings. The molecule has 0 unspecified atom stereocenters. The number of carbonyl (C=O) groups is 1. The largest absolute Gasteiger partial charge is 0.525 e. The summed E-state index contributed by atoms with van der Waals surface area (Å²) in [4.78, 5) is 20.3. The van der Waals surface area contributed by atoms with Crippen molar-refractivity contribution in [3.8, 4) is 0 Å². The monoisotopic (exact) mass is 601 g/mol. The third kappa shape index (κ3) is 6.45. The van der Waals surface area contributed by atoms with E-state index in [1.165, 1.54) is 11.3 Å². The number of anilines is 1. The molecular formula is C29H29Cl2N3O5S. The number of nitrogens with zero attached hydrogens (tertiary/aromatic N) is 3. The lowest BCUT2D eigenvalue weighted by Crippen LogP contribution is -2.47. The van der Waals surface area contributed by atoms with Gasteiger partial charge in [-0.15, -0.1) is 5.06 Å². The smallest absolute Gasteiger partial charge is 0.448 e. The standard InChI is InChI=1S/C29H29Cl2N3O5S/c1-40(37,38)28(22-3-2-4-26(17-22)32-13-15-34(16-14-32)39-29(35)36)23-18-33(19-23)27(20-5-9-24(30)10-6-20)21-7-11-25(31)12-8-21/h2-12,17,27H,13-16,18-19H2,1H3,(H,35,36). The third-order valence-electron chi connectivity index (χ3n) is 7.14. The van der Waals surface area contributed by atoms with Crippen LogP contribution in [0.15, 0.2) is 78.4 Å². The van der Waals surface area contributed by atoms with Crippen molar-refractivity contribution in [1.29, 1.82) is 0 Å². The first-order valence-electron chi connectivity index (χ1n) is 12.8. The highest BCUT2D eigenvalue weighted by molar-refractivity contribution is 8.00. The van der Waals surface area contributed by atoms with E-state index >= 15 is 0 Å². The van der Waals surface area contributed by atoms with Crippen molar-refractivity contribution in [1.82, 2.24) is 9.96 Å². The van der Waals surface area contributed by atoms with E-state index < -0.39 is 16.0 Å². The Bertz CT molecular complexity index is 1470. The summed E-state index contributed by atoms with van der Waals surface area (Å²) in [6.45, 7) is 2.93. The number of sulfone groups is 1. The molecule has 0 spiro atoms. The van der Waals surface area contributed by atoms with E-state index in [9.17, 15) is 13.2 Å². The van der Waals surface area contributed by atoms with Crippen molar-refractivity contribution >= 4 is 49.8 Å². The summed E-state index contributed by atoms with van der Waals surface area (Å²) in [5.74, 6) is 0. The maximum Gasteiger partial charge on any atom is 0.525 e. The van der Waals surface area contributed by atoms with Crippen LogP contribution in [0.25, 0.3) is 4.91 Å². The van der Waals surface area contributed by atoms with Crippen LogP contribution in [-0.4, -0.2) is 75.2 Å². The first kappa shape index (κ1) is 28.4. The van der Waals surface area contributed by atoms with E-state index in [1.54, 1.807) is 0 Å². The number of likely N-dealkylation sites (tertiary alicyclic amines) is 1. The predicted octanol–water partition coefficient (Wildman–Crippen LogP) is 5.59. The van der Waals surface area contributed by atoms with Crippen LogP contribution >= 0.6 is 23.2 Å². The third-order valence-corrected chi connectivity index (χ3v) is 8.91. The van der Waals surface area contributed by atoms with Crippen molar-refractivity contribution < 1.29 is 23.2 Å². The highest BCUT2D eigenvalue weighted by Crippen LogP contribution is 2.39. The molecule has 5 rings (SSSR count). The zero-order chi connectivity index (χ0) is 28.4. The number of rotatable bonds is 7. The van der Waals surface area contributed by atoms with Gasteiger partial charge in [0.1, 0.15) is 0 Å². The van der Waals surface area contributed by atoms with E-state index in [0.29, 0.717) is 59.8 Å². The van der Waals surface area contributed by atoms with E-state index in [1.807, 2.05) is 72.8 Å². The van der Waals surface area contributed by atoms with E-state index in [-0.39, 0.29) is 6.04 Å². The van der Waals surface area contributed by atoms with Crippen molar-refractivity contribution in [3.63, 3.8) is 0 Å². The summed E-state index contributed by atoms with van der Waals surface area (Å²) in [5, 5.41) is 11.6. The fourth-order valence-corrected chi connectivity index (χ4v) is 6.81. The minimum absolute atomic E-state index is 0.0882. The number of piperazine rings is 1. The maximum absolute atomic E-state index is 13.1. The number of hydrogen-bond donors (Lipinski definition) is 1. The minimum Gasteiger partial charge on any atom is -0.448 e. The van der Waals surface area contributed by atoms with Crippen LogP contribution in [0.2, 0.25) is 10.0 Å². The van der Waals surface area contributed by atoms with Crippen molar-refractivity contribution in [2.45, 2.75) is 6.04 Å². The molecule has 0 amide bonds. The average Bonchev–Trinajstić information content (AvgIpc) is 2.89. The van der Waals surface area contributed by atoms with Gasteiger partial charge in [0.15, 0.2) is 9.84 Å². The second-order valence-corrected chi connectivity index (χ2v) is 12.8. The summed E-state index contributed by atoms with van der Waals surface area (Å²) in [5.41, 5.74) is 4.49. The first-order valence-corrected chi connectivity index (χ1v) is 15.4. The second-order valence-electron chi connectivity index (χ2n) is 9.94. The molecule has 2 saturated heterocycles. The molecule has 1 N–H and O–H groups in total. The number of hydrogen-bond acceptors (Lipinski definition) is 7. The SMILES string of the molecule is CS(=O)(=O)C(=C1CN(C(c2ccc(Cl)cc2)c2ccc(Cl)cc2)C1)c1cccc(N2CCN(OC(=O)O)CC2)c1. The van der Waals surface area contributed by atoms with E-state index in [2.05, 4.69) is 9.80 Å². The van der Waals surface area contributed by atoms with Crippen molar-refractivity contribution in [3.05, 3.63) is 105 Å². The lowest BCUT2D eigenvalue weighted by Gasteiger charge is -2.42. The molecule has 0 atom stereocenters. The van der Waals surface area contributed by atoms with Crippen LogP contribution in [0.5, 0.6) is 0 Å². The Kier molecular flexibility index (Phi) is 8.39. The van der Waals surface area contributed by atoms with Crippen LogP contribution in [0.4, 0.5) is 10.5 Å². The molecule has 40 heavy (non-hydrogen) atoms. The molecule has 2 aliphatic heterocycles. The number of carboxylic acid groups (broad SMARTS) is 1. The Morgan fingerprint density at radius 2 is 1.43 bits per heavy atom. The number of halogens is 2. The average molecular weight is 603 g/mol. The Hall–Kier alpha value is -3.08. The van der Waals surface area contributed by atoms with Crippen molar-refractivity contribution in [2.75, 3.05) is 50.4 Å². The zero-order valence-corrected chi connectivity index (χ0v) is 24.2. The lowest BCUT2D eigenvalue weighted by molar-refractivity contribution is -0.121. The number of hydroxylamine groups is 2. The molecule has 2 heterocycles. The fourth-order valence-electron chi connectivity index (χ4n) is 5.35. The Labute approximate surface area is 243 Å². The molecule has 11 heteroatoms.